The van der Waals surface area contributed by atoms with Crippen molar-refractivity contribution in [2.24, 2.45) is 0 Å². The quantitative estimate of drug-likeness (QED) is 0.871. The van der Waals surface area contributed by atoms with E-state index in [-0.39, 0.29) is 11.7 Å². The van der Waals surface area contributed by atoms with Gasteiger partial charge in [0.1, 0.15) is 11.9 Å². The number of amides is 1. The maximum atomic E-state index is 13.0. The minimum absolute atomic E-state index is 0.0785. The standard InChI is InChI=1S/C18H24FN3O3/c19-14-3-5-15(6-4-14)20-10-12-22(13-11-20)17(23)7-9-21-8-1-2-16(21)18(24)25/h3-6,16H,1-2,7-13H2,(H,24,25)/t16-/m0/s1. The van der Waals surface area contributed by atoms with Crippen LogP contribution in [-0.4, -0.2) is 72.1 Å². The minimum Gasteiger partial charge on any atom is -0.480 e. The summed E-state index contributed by atoms with van der Waals surface area (Å²) in [5.41, 5.74) is 0.967. The van der Waals surface area contributed by atoms with Crippen molar-refractivity contribution in [1.82, 2.24) is 9.80 Å². The summed E-state index contributed by atoms with van der Waals surface area (Å²) < 4.78 is 13.0. The maximum Gasteiger partial charge on any atom is 0.320 e. The van der Waals surface area contributed by atoms with E-state index in [1.54, 1.807) is 12.1 Å². The summed E-state index contributed by atoms with van der Waals surface area (Å²) in [7, 11) is 0. The van der Waals surface area contributed by atoms with Crippen molar-refractivity contribution >= 4 is 17.6 Å². The molecule has 136 valence electrons. The number of likely N-dealkylation sites (tertiary alicyclic amines) is 1. The number of carboxylic acid groups (broad SMARTS) is 1. The van der Waals surface area contributed by atoms with Crippen molar-refractivity contribution in [2.45, 2.75) is 25.3 Å². The van der Waals surface area contributed by atoms with Crippen LogP contribution in [0.1, 0.15) is 19.3 Å². The molecule has 0 unspecified atom stereocenters. The van der Waals surface area contributed by atoms with E-state index in [0.717, 1.165) is 31.7 Å². The molecule has 1 aromatic rings. The van der Waals surface area contributed by atoms with Gasteiger partial charge in [0.15, 0.2) is 0 Å². The molecule has 2 aliphatic heterocycles. The predicted molar refractivity (Wildman–Crippen MR) is 92.0 cm³/mol. The van der Waals surface area contributed by atoms with E-state index in [9.17, 15) is 19.1 Å². The van der Waals surface area contributed by atoms with Crippen molar-refractivity contribution < 1.29 is 19.1 Å². The van der Waals surface area contributed by atoms with Gasteiger partial charge in [-0.15, -0.1) is 0 Å². The monoisotopic (exact) mass is 349 g/mol. The molecular weight excluding hydrogens is 325 g/mol. The fraction of sp³-hybridized carbons (Fsp3) is 0.556. The topological polar surface area (TPSA) is 64.1 Å². The number of piperazine rings is 1. The molecule has 1 atom stereocenters. The van der Waals surface area contributed by atoms with E-state index in [0.29, 0.717) is 32.5 Å². The largest absolute Gasteiger partial charge is 0.480 e. The molecule has 0 bridgehead atoms. The number of nitrogens with zero attached hydrogens (tertiary/aromatic N) is 3. The Morgan fingerprint density at radius 2 is 1.76 bits per heavy atom. The molecule has 6 nitrogen and oxygen atoms in total. The number of carbonyl (C=O) groups is 2. The highest BCUT2D eigenvalue weighted by Crippen LogP contribution is 2.19. The van der Waals surface area contributed by atoms with E-state index in [1.165, 1.54) is 12.1 Å². The lowest BCUT2D eigenvalue weighted by atomic mass is 10.2. The van der Waals surface area contributed by atoms with Gasteiger partial charge in [0, 0.05) is 44.8 Å². The molecule has 7 heteroatoms. The summed E-state index contributed by atoms with van der Waals surface area (Å²) in [5.74, 6) is -0.966. The number of benzene rings is 1. The number of carboxylic acids is 1. The van der Waals surface area contributed by atoms with Crippen LogP contribution in [0.4, 0.5) is 10.1 Å². The molecule has 1 N–H and O–H groups in total. The third-order valence-corrected chi connectivity index (χ3v) is 5.09. The SMILES string of the molecule is O=C(O)[C@@H]1CCCN1CCC(=O)N1CCN(c2ccc(F)cc2)CC1. The summed E-state index contributed by atoms with van der Waals surface area (Å²) in [4.78, 5) is 29.5. The zero-order valence-electron chi connectivity index (χ0n) is 14.2. The maximum absolute atomic E-state index is 13.0. The molecular formula is C18H24FN3O3. The molecule has 0 saturated carbocycles. The van der Waals surface area contributed by atoms with Gasteiger partial charge in [0.25, 0.3) is 0 Å². The van der Waals surface area contributed by atoms with Gasteiger partial charge in [0.2, 0.25) is 5.91 Å². The molecule has 2 fully saturated rings. The van der Waals surface area contributed by atoms with Crippen LogP contribution in [0, 0.1) is 5.82 Å². The lowest BCUT2D eigenvalue weighted by molar-refractivity contribution is -0.143. The smallest absolute Gasteiger partial charge is 0.320 e. The number of halogens is 1. The molecule has 0 aliphatic carbocycles. The Morgan fingerprint density at radius 3 is 2.40 bits per heavy atom. The van der Waals surface area contributed by atoms with Crippen molar-refractivity contribution in [3.8, 4) is 0 Å². The molecule has 3 rings (SSSR count). The van der Waals surface area contributed by atoms with Crippen LogP contribution < -0.4 is 4.90 Å². The van der Waals surface area contributed by atoms with Crippen molar-refractivity contribution in [2.75, 3.05) is 44.2 Å². The second-order valence-corrected chi connectivity index (χ2v) is 6.63. The lowest BCUT2D eigenvalue weighted by Gasteiger charge is -2.36. The van der Waals surface area contributed by atoms with Gasteiger partial charge >= 0.3 is 5.97 Å². The Morgan fingerprint density at radius 1 is 1.08 bits per heavy atom. The summed E-state index contributed by atoms with van der Waals surface area (Å²) in [6, 6.07) is 5.96. The molecule has 2 aliphatic rings. The summed E-state index contributed by atoms with van der Waals surface area (Å²) in [5, 5.41) is 9.19. The predicted octanol–water partition coefficient (Wildman–Crippen LogP) is 1.41. The van der Waals surface area contributed by atoms with Crippen LogP contribution in [0.25, 0.3) is 0 Å². The van der Waals surface area contributed by atoms with Crippen molar-refractivity contribution in [1.29, 1.82) is 0 Å². The first-order valence-corrected chi connectivity index (χ1v) is 8.80. The van der Waals surface area contributed by atoms with Gasteiger partial charge in [-0.2, -0.15) is 0 Å². The van der Waals surface area contributed by atoms with Crippen LogP contribution in [0.5, 0.6) is 0 Å². The molecule has 1 aromatic carbocycles. The minimum atomic E-state index is -0.794. The second kappa shape index (κ2) is 7.82. The fourth-order valence-electron chi connectivity index (χ4n) is 3.64. The molecule has 2 heterocycles. The highest BCUT2D eigenvalue weighted by molar-refractivity contribution is 5.77. The van der Waals surface area contributed by atoms with Crippen molar-refractivity contribution in [3.05, 3.63) is 30.1 Å². The first-order chi connectivity index (χ1) is 12.0. The molecule has 1 amide bonds. The van der Waals surface area contributed by atoms with Gasteiger partial charge in [0.05, 0.1) is 0 Å². The third-order valence-electron chi connectivity index (χ3n) is 5.09. The average molecular weight is 349 g/mol. The van der Waals surface area contributed by atoms with Crippen LogP contribution >= 0.6 is 0 Å². The summed E-state index contributed by atoms with van der Waals surface area (Å²) in [6.45, 7) is 3.98. The van der Waals surface area contributed by atoms with E-state index in [1.807, 2.05) is 9.80 Å². The lowest BCUT2D eigenvalue weighted by Crippen LogP contribution is -2.49. The number of anilines is 1. The Labute approximate surface area is 146 Å². The highest BCUT2D eigenvalue weighted by Gasteiger charge is 2.31. The van der Waals surface area contributed by atoms with E-state index >= 15 is 0 Å². The highest BCUT2D eigenvalue weighted by atomic mass is 19.1. The van der Waals surface area contributed by atoms with Crippen LogP contribution in [0.3, 0.4) is 0 Å². The van der Waals surface area contributed by atoms with Crippen molar-refractivity contribution in [3.63, 3.8) is 0 Å². The van der Waals surface area contributed by atoms with Gasteiger partial charge < -0.3 is 14.9 Å². The number of hydrogen-bond acceptors (Lipinski definition) is 4. The van der Waals surface area contributed by atoms with E-state index < -0.39 is 12.0 Å². The molecule has 2 saturated heterocycles. The second-order valence-electron chi connectivity index (χ2n) is 6.63. The van der Waals surface area contributed by atoms with Gasteiger partial charge in [-0.3, -0.25) is 14.5 Å². The zero-order chi connectivity index (χ0) is 17.8. The number of aliphatic carboxylic acids is 1. The molecule has 0 spiro atoms. The molecule has 0 radical (unpaired) electrons. The molecule has 25 heavy (non-hydrogen) atoms. The van der Waals surface area contributed by atoms with Gasteiger partial charge in [-0.1, -0.05) is 0 Å². The van der Waals surface area contributed by atoms with Gasteiger partial charge in [-0.25, -0.2) is 4.39 Å². The molecule has 0 aromatic heterocycles. The van der Waals surface area contributed by atoms with E-state index in [2.05, 4.69) is 4.90 Å². The number of rotatable bonds is 5. The van der Waals surface area contributed by atoms with Gasteiger partial charge in [-0.05, 0) is 43.7 Å². The Hall–Kier alpha value is -2.15. The van der Waals surface area contributed by atoms with Crippen LogP contribution in [0.15, 0.2) is 24.3 Å². The fourth-order valence-corrected chi connectivity index (χ4v) is 3.64. The van der Waals surface area contributed by atoms with Crippen LogP contribution in [0.2, 0.25) is 0 Å². The summed E-state index contributed by atoms with van der Waals surface area (Å²) >= 11 is 0. The normalized spacial score (nSPS) is 21.6. The number of hydrogen-bond donors (Lipinski definition) is 1. The zero-order valence-corrected chi connectivity index (χ0v) is 14.2. The summed E-state index contributed by atoms with van der Waals surface area (Å²) in [6.07, 6.45) is 1.90. The number of carbonyl (C=O) groups excluding carboxylic acids is 1. The first-order valence-electron chi connectivity index (χ1n) is 8.80. The Kier molecular flexibility index (Phi) is 5.53. The first kappa shape index (κ1) is 17.7. The Bertz CT molecular complexity index is 614. The Balaban J connectivity index is 1.45. The average Bonchev–Trinajstić information content (AvgIpc) is 3.09. The third kappa shape index (κ3) is 4.28. The van der Waals surface area contributed by atoms with Crippen LogP contribution in [-0.2, 0) is 9.59 Å². The van der Waals surface area contributed by atoms with E-state index in [4.69, 9.17) is 0 Å².